The van der Waals surface area contributed by atoms with Crippen LogP contribution in [0.3, 0.4) is 0 Å². The minimum atomic E-state index is 0.433. The lowest BCUT2D eigenvalue weighted by atomic mass is 9.90. The molecule has 0 saturated heterocycles. The summed E-state index contributed by atoms with van der Waals surface area (Å²) in [6, 6.07) is 6.25. The Bertz CT molecular complexity index is 372. The van der Waals surface area contributed by atoms with E-state index in [9.17, 15) is 0 Å². The van der Waals surface area contributed by atoms with Gasteiger partial charge in [-0.2, -0.15) is 0 Å². The Kier molecular flexibility index (Phi) is 5.13. The number of rotatable bonds is 6. The summed E-state index contributed by atoms with van der Waals surface area (Å²) in [7, 11) is 0. The highest BCUT2D eigenvalue weighted by Crippen LogP contribution is 2.29. The van der Waals surface area contributed by atoms with Gasteiger partial charge in [-0.1, -0.05) is 33.8 Å². The fourth-order valence-electron chi connectivity index (χ4n) is 1.88. The molecule has 1 N–H and O–H groups in total. The molecule has 94 valence electrons. The number of hydrogen-bond donors (Lipinski definition) is 1. The Labute approximate surface area is 104 Å². The second kappa shape index (κ2) is 6.38. The standard InChI is InChI=1S/C14H22N2O/c1-10(2)13-6-5-12(17-8-7-16-15)9-14(13)11(3)4/h5-6,9-11,16H,7-8H2,1-4H3. The molecule has 0 aliphatic rings. The van der Waals surface area contributed by atoms with E-state index in [1.807, 2.05) is 6.07 Å². The van der Waals surface area contributed by atoms with Crippen LogP contribution in [0.1, 0.15) is 50.7 Å². The Morgan fingerprint density at radius 1 is 1.12 bits per heavy atom. The highest BCUT2D eigenvalue weighted by Gasteiger charge is 2.11. The molecule has 0 amide bonds. The van der Waals surface area contributed by atoms with Crippen LogP contribution >= 0.6 is 0 Å². The SMILES string of the molecule is CC(C)c1ccc(OCC[NH+]=[N-])cc1C(C)C. The van der Waals surface area contributed by atoms with Gasteiger partial charge in [0.25, 0.3) is 0 Å². The third kappa shape index (κ3) is 3.84. The molecular formula is C14H22N2O. The van der Waals surface area contributed by atoms with Gasteiger partial charge in [-0.05, 0) is 35.1 Å². The van der Waals surface area contributed by atoms with Crippen LogP contribution in [0.4, 0.5) is 0 Å². The van der Waals surface area contributed by atoms with Crippen LogP contribution in [0, 0.1) is 0 Å². The van der Waals surface area contributed by atoms with E-state index >= 15 is 0 Å². The Morgan fingerprint density at radius 2 is 1.76 bits per heavy atom. The summed E-state index contributed by atoms with van der Waals surface area (Å²) in [5.74, 6) is 1.89. The molecule has 0 heterocycles. The van der Waals surface area contributed by atoms with Gasteiger partial charge in [0.1, 0.15) is 12.4 Å². The van der Waals surface area contributed by atoms with Crippen molar-refractivity contribution in [3.05, 3.63) is 34.9 Å². The van der Waals surface area contributed by atoms with Crippen molar-refractivity contribution in [1.29, 1.82) is 0 Å². The molecule has 3 nitrogen and oxygen atoms in total. The lowest BCUT2D eigenvalue weighted by Crippen LogP contribution is -2.64. The summed E-state index contributed by atoms with van der Waals surface area (Å²) < 4.78 is 5.55. The van der Waals surface area contributed by atoms with Gasteiger partial charge in [0.15, 0.2) is 6.54 Å². The molecule has 0 atom stereocenters. The van der Waals surface area contributed by atoms with Gasteiger partial charge in [-0.15, -0.1) is 0 Å². The highest BCUT2D eigenvalue weighted by atomic mass is 16.5. The second-order valence-corrected chi connectivity index (χ2v) is 4.86. The monoisotopic (exact) mass is 234 g/mol. The lowest BCUT2D eigenvalue weighted by Gasteiger charge is -2.17. The summed E-state index contributed by atoms with van der Waals surface area (Å²) in [5.41, 5.74) is 11.2. The van der Waals surface area contributed by atoms with E-state index in [1.54, 1.807) is 0 Å². The minimum absolute atomic E-state index is 0.433. The highest BCUT2D eigenvalue weighted by molar-refractivity contribution is 5.39. The summed E-state index contributed by atoms with van der Waals surface area (Å²) in [4.78, 5) is 0. The molecule has 1 aromatic rings. The molecule has 1 aromatic carbocycles. The Morgan fingerprint density at radius 3 is 2.29 bits per heavy atom. The topological polar surface area (TPSA) is 45.5 Å². The van der Waals surface area contributed by atoms with Crippen molar-refractivity contribution in [2.75, 3.05) is 13.2 Å². The van der Waals surface area contributed by atoms with E-state index in [4.69, 9.17) is 10.3 Å². The molecule has 0 fully saturated rings. The molecule has 0 radical (unpaired) electrons. The maximum absolute atomic E-state index is 8.47. The van der Waals surface area contributed by atoms with Gasteiger partial charge in [0.05, 0.1) is 0 Å². The first-order chi connectivity index (χ1) is 8.06. The molecule has 0 saturated carbocycles. The zero-order valence-electron chi connectivity index (χ0n) is 11.2. The lowest BCUT2D eigenvalue weighted by molar-refractivity contribution is -0.482. The first kappa shape index (κ1) is 13.7. The van der Waals surface area contributed by atoms with E-state index in [-0.39, 0.29) is 0 Å². The van der Waals surface area contributed by atoms with Crippen LogP contribution in [0.15, 0.2) is 18.2 Å². The number of nitrogens with one attached hydrogen (secondary N) is 1. The van der Waals surface area contributed by atoms with Crippen molar-refractivity contribution in [1.82, 2.24) is 0 Å². The first-order valence-corrected chi connectivity index (χ1v) is 6.19. The van der Waals surface area contributed by atoms with Crippen molar-refractivity contribution in [2.45, 2.75) is 39.5 Å². The number of nitrogens with zero attached hydrogens (tertiary/aromatic N) is 1. The van der Waals surface area contributed by atoms with Crippen LogP contribution in [0.2, 0.25) is 0 Å². The summed E-state index contributed by atoms with van der Waals surface area (Å²) in [5, 5.41) is 2.08. The number of hydrogen-bond acceptors (Lipinski definition) is 1. The van der Waals surface area contributed by atoms with Crippen LogP contribution in [-0.4, -0.2) is 13.2 Å². The van der Waals surface area contributed by atoms with Crippen molar-refractivity contribution >= 4 is 0 Å². The van der Waals surface area contributed by atoms with Crippen molar-refractivity contribution in [2.24, 2.45) is 0 Å². The van der Waals surface area contributed by atoms with Gasteiger partial charge in [-0.25, -0.2) is 0 Å². The Hall–Kier alpha value is -1.38. The average molecular weight is 234 g/mol. The van der Waals surface area contributed by atoms with E-state index < -0.39 is 0 Å². The van der Waals surface area contributed by atoms with Crippen LogP contribution in [0.25, 0.3) is 5.53 Å². The van der Waals surface area contributed by atoms with Gasteiger partial charge in [0.2, 0.25) is 0 Å². The maximum atomic E-state index is 8.47. The van der Waals surface area contributed by atoms with Crippen LogP contribution in [-0.2, 0) is 0 Å². The molecule has 0 aliphatic heterocycles. The molecule has 17 heavy (non-hydrogen) atoms. The van der Waals surface area contributed by atoms with Crippen LogP contribution < -0.4 is 9.85 Å². The fourth-order valence-corrected chi connectivity index (χ4v) is 1.88. The molecule has 1 rings (SSSR count). The smallest absolute Gasteiger partial charge is 0.163 e. The van der Waals surface area contributed by atoms with Gasteiger partial charge >= 0.3 is 0 Å². The zero-order valence-corrected chi connectivity index (χ0v) is 11.2. The minimum Gasteiger partial charge on any atom is -0.508 e. The second-order valence-electron chi connectivity index (χ2n) is 4.86. The van der Waals surface area contributed by atoms with Crippen molar-refractivity contribution in [3.63, 3.8) is 0 Å². The third-order valence-electron chi connectivity index (χ3n) is 2.78. The first-order valence-electron chi connectivity index (χ1n) is 6.19. The molecular weight excluding hydrogens is 212 g/mol. The van der Waals surface area contributed by atoms with E-state index in [0.717, 1.165) is 5.75 Å². The normalized spacial score (nSPS) is 10.9. The van der Waals surface area contributed by atoms with E-state index in [0.29, 0.717) is 25.0 Å². The predicted octanol–water partition coefficient (Wildman–Crippen LogP) is 2.41. The van der Waals surface area contributed by atoms with Crippen LogP contribution in [0.5, 0.6) is 5.75 Å². The van der Waals surface area contributed by atoms with E-state index in [1.165, 1.54) is 11.1 Å². The molecule has 0 aliphatic carbocycles. The number of benzene rings is 1. The predicted molar refractivity (Wildman–Crippen MR) is 69.3 cm³/mol. The summed E-state index contributed by atoms with van der Waals surface area (Å²) in [6.45, 7) is 9.70. The van der Waals surface area contributed by atoms with Gasteiger partial charge in [0, 0.05) is 0 Å². The maximum Gasteiger partial charge on any atom is 0.163 e. The molecule has 0 bridgehead atoms. The molecule has 0 aromatic heterocycles. The zero-order chi connectivity index (χ0) is 12.8. The molecule has 0 unspecified atom stereocenters. The van der Waals surface area contributed by atoms with Gasteiger partial charge < -0.3 is 15.4 Å². The third-order valence-corrected chi connectivity index (χ3v) is 2.78. The largest absolute Gasteiger partial charge is 0.508 e. The number of ether oxygens (including phenoxy) is 1. The summed E-state index contributed by atoms with van der Waals surface area (Å²) >= 11 is 0. The molecule has 3 heteroatoms. The summed E-state index contributed by atoms with van der Waals surface area (Å²) in [6.07, 6.45) is 0. The molecule has 0 spiro atoms. The van der Waals surface area contributed by atoms with Gasteiger partial charge in [-0.3, -0.25) is 0 Å². The van der Waals surface area contributed by atoms with E-state index in [2.05, 4.69) is 44.9 Å². The van der Waals surface area contributed by atoms with Crippen molar-refractivity contribution in [3.8, 4) is 5.75 Å². The Balaban J connectivity index is 2.89. The fraction of sp³-hybridized carbons (Fsp3) is 0.571. The average Bonchev–Trinajstić information content (AvgIpc) is 2.29. The quantitative estimate of drug-likeness (QED) is 0.596. The van der Waals surface area contributed by atoms with Crippen molar-refractivity contribution < 1.29 is 9.85 Å².